The number of carbonyl (C=O) groups is 1. The van der Waals surface area contributed by atoms with Crippen molar-refractivity contribution < 1.29 is 9.32 Å². The first-order valence-corrected chi connectivity index (χ1v) is 8.89. The minimum atomic E-state index is -0.655. The van der Waals surface area contributed by atoms with Gasteiger partial charge in [-0.1, -0.05) is 29.8 Å². The normalized spacial score (nSPS) is 10.8. The fourth-order valence-electron chi connectivity index (χ4n) is 2.51. The summed E-state index contributed by atoms with van der Waals surface area (Å²) in [6, 6.07) is 7.10. The highest BCUT2D eigenvalue weighted by Gasteiger charge is 2.22. The number of benzene rings is 1. The van der Waals surface area contributed by atoms with E-state index in [2.05, 4.69) is 20.6 Å². The number of aryl methyl sites for hydroxylation is 1. The van der Waals surface area contributed by atoms with Crippen molar-refractivity contribution in [3.05, 3.63) is 56.6 Å². The van der Waals surface area contributed by atoms with E-state index >= 15 is 0 Å². The molecule has 0 unspecified atom stereocenters. The van der Waals surface area contributed by atoms with Crippen LogP contribution in [0.1, 0.15) is 36.5 Å². The number of carbonyl (C=O) groups excluding carboxylic acids is 1. The van der Waals surface area contributed by atoms with Crippen molar-refractivity contribution in [3.63, 3.8) is 0 Å². The quantitative estimate of drug-likeness (QED) is 0.670. The molecule has 0 aliphatic rings. The molecule has 0 radical (unpaired) electrons. The van der Waals surface area contributed by atoms with Crippen LogP contribution in [-0.2, 0) is 6.54 Å². The van der Waals surface area contributed by atoms with E-state index in [-0.39, 0.29) is 24.0 Å². The maximum absolute atomic E-state index is 12.7. The largest absolute Gasteiger partial charge is 0.352 e. The van der Waals surface area contributed by atoms with Gasteiger partial charge in [0.25, 0.3) is 5.56 Å². The van der Waals surface area contributed by atoms with E-state index in [0.717, 1.165) is 21.2 Å². The van der Waals surface area contributed by atoms with Gasteiger partial charge in [-0.3, -0.25) is 14.2 Å². The average molecular weight is 384 g/mol. The molecule has 10 nitrogen and oxygen atoms in total. The third kappa shape index (κ3) is 3.61. The van der Waals surface area contributed by atoms with E-state index in [1.165, 1.54) is 0 Å². The topological polar surface area (TPSA) is 125 Å². The number of amides is 1. The molecule has 1 N–H and O–H groups in total. The Hall–Kier alpha value is -3.56. The summed E-state index contributed by atoms with van der Waals surface area (Å²) in [6.07, 6.45) is 0.747. The van der Waals surface area contributed by atoms with Gasteiger partial charge in [0.15, 0.2) is 5.69 Å². The fraction of sp³-hybridized carbons (Fsp3) is 0.333. The van der Waals surface area contributed by atoms with Crippen molar-refractivity contribution in [2.75, 3.05) is 6.54 Å². The predicted octanol–water partition coefficient (Wildman–Crippen LogP) is 0.912. The van der Waals surface area contributed by atoms with Crippen LogP contribution < -0.4 is 16.6 Å². The summed E-state index contributed by atoms with van der Waals surface area (Å²) in [4.78, 5) is 41.3. The van der Waals surface area contributed by atoms with Gasteiger partial charge < -0.3 is 9.84 Å². The number of nitrogens with one attached hydrogen (secondary N) is 1. The average Bonchev–Trinajstić information content (AvgIpc) is 3.17. The molecule has 1 amide bonds. The van der Waals surface area contributed by atoms with Crippen molar-refractivity contribution in [3.8, 4) is 17.2 Å². The first-order valence-electron chi connectivity index (χ1n) is 8.89. The Bertz CT molecular complexity index is 1110. The smallest absolute Gasteiger partial charge is 0.348 e. The summed E-state index contributed by atoms with van der Waals surface area (Å²) in [5, 5.41) is 10.4. The van der Waals surface area contributed by atoms with Crippen LogP contribution in [0.4, 0.5) is 0 Å². The molecule has 1 aromatic carbocycles. The zero-order chi connectivity index (χ0) is 20.3. The molecule has 10 heteroatoms. The predicted molar refractivity (Wildman–Crippen MR) is 100 cm³/mol. The number of aromatic nitrogens is 5. The van der Waals surface area contributed by atoms with Gasteiger partial charge in [-0.05, 0) is 32.4 Å². The summed E-state index contributed by atoms with van der Waals surface area (Å²) < 4.78 is 7.08. The van der Waals surface area contributed by atoms with Crippen molar-refractivity contribution in [1.29, 1.82) is 0 Å². The number of rotatable bonds is 6. The zero-order valence-corrected chi connectivity index (χ0v) is 15.8. The molecule has 28 heavy (non-hydrogen) atoms. The van der Waals surface area contributed by atoms with Crippen molar-refractivity contribution >= 4 is 5.91 Å². The van der Waals surface area contributed by atoms with Crippen LogP contribution in [0.25, 0.3) is 17.2 Å². The highest BCUT2D eigenvalue weighted by Crippen LogP contribution is 2.10. The third-order valence-electron chi connectivity index (χ3n) is 4.02. The molecule has 146 valence electrons. The monoisotopic (exact) mass is 384 g/mol. The Kier molecular flexibility index (Phi) is 5.48. The van der Waals surface area contributed by atoms with Gasteiger partial charge in [0, 0.05) is 13.1 Å². The molecule has 0 saturated heterocycles. The van der Waals surface area contributed by atoms with Crippen LogP contribution in [0.5, 0.6) is 0 Å². The molecule has 0 atom stereocenters. The molecule has 0 bridgehead atoms. The summed E-state index contributed by atoms with van der Waals surface area (Å²) in [5.41, 5.74) is 0.0900. The van der Waals surface area contributed by atoms with Gasteiger partial charge in [-0.2, -0.15) is 14.8 Å². The molecule has 0 spiro atoms. The lowest BCUT2D eigenvalue weighted by atomic mass is 10.2. The Labute approximate surface area is 159 Å². The van der Waals surface area contributed by atoms with Gasteiger partial charge in [-0.25, -0.2) is 4.79 Å². The Morgan fingerprint density at radius 2 is 1.89 bits per heavy atom. The molecule has 0 fully saturated rings. The third-order valence-corrected chi connectivity index (χ3v) is 4.02. The summed E-state index contributed by atoms with van der Waals surface area (Å²) in [5.74, 6) is -0.973. The van der Waals surface area contributed by atoms with E-state index in [9.17, 15) is 14.4 Å². The minimum absolute atomic E-state index is 0.140. The Balaban J connectivity index is 2.11. The fourth-order valence-corrected chi connectivity index (χ4v) is 2.51. The summed E-state index contributed by atoms with van der Waals surface area (Å²) in [7, 11) is 0. The van der Waals surface area contributed by atoms with Crippen molar-refractivity contribution in [2.45, 2.75) is 33.7 Å². The number of hydrogen-bond acceptors (Lipinski definition) is 7. The molecule has 0 saturated carbocycles. The van der Waals surface area contributed by atoms with Crippen LogP contribution in [0.15, 0.2) is 38.4 Å². The molecule has 3 aromatic rings. The van der Waals surface area contributed by atoms with Crippen LogP contribution in [0.2, 0.25) is 0 Å². The minimum Gasteiger partial charge on any atom is -0.348 e. The Morgan fingerprint density at radius 3 is 2.54 bits per heavy atom. The van der Waals surface area contributed by atoms with Crippen molar-refractivity contribution in [2.24, 2.45) is 0 Å². The van der Waals surface area contributed by atoms with E-state index in [0.29, 0.717) is 12.2 Å². The second-order valence-corrected chi connectivity index (χ2v) is 6.11. The van der Waals surface area contributed by atoms with Crippen LogP contribution in [-0.4, -0.2) is 36.9 Å². The Morgan fingerprint density at radius 1 is 1.18 bits per heavy atom. The first kappa shape index (κ1) is 19.2. The second kappa shape index (κ2) is 7.99. The van der Waals surface area contributed by atoms with E-state index in [1.807, 2.05) is 26.0 Å². The first-order chi connectivity index (χ1) is 13.5. The number of nitrogens with zero attached hydrogens (tertiary/aromatic N) is 5. The lowest BCUT2D eigenvalue weighted by Crippen LogP contribution is -2.41. The molecule has 2 aromatic heterocycles. The molecule has 3 rings (SSSR count). The maximum atomic E-state index is 12.7. The highest BCUT2D eigenvalue weighted by atomic mass is 16.5. The molecule has 2 heterocycles. The van der Waals surface area contributed by atoms with Crippen LogP contribution >= 0.6 is 0 Å². The standard InChI is InChI=1S/C18H20N6O4/c1-4-10-19-15(25)16-20-14(22-28-16)13-17(26)23(5-2)18(27)24(21-13)12-8-6-11(3)7-9-12/h6-9H,4-5,10H2,1-3H3,(H,19,25). The highest BCUT2D eigenvalue weighted by molar-refractivity contribution is 5.89. The van der Waals surface area contributed by atoms with Gasteiger partial charge in [-0.15, -0.1) is 0 Å². The number of hydrogen-bond donors (Lipinski definition) is 1. The maximum Gasteiger partial charge on any atom is 0.352 e. The molecular formula is C18H20N6O4. The van der Waals surface area contributed by atoms with Gasteiger partial charge >= 0.3 is 17.5 Å². The van der Waals surface area contributed by atoms with Crippen LogP contribution in [0, 0.1) is 6.92 Å². The van der Waals surface area contributed by atoms with Gasteiger partial charge in [0.1, 0.15) is 0 Å². The zero-order valence-electron chi connectivity index (χ0n) is 15.8. The van der Waals surface area contributed by atoms with Crippen LogP contribution in [0.3, 0.4) is 0 Å². The molecule has 0 aliphatic heterocycles. The summed E-state index contributed by atoms with van der Waals surface area (Å²) in [6.45, 7) is 6.09. The SMILES string of the molecule is CCCNC(=O)c1nc(-c2nn(-c3ccc(C)cc3)c(=O)n(CC)c2=O)no1. The molecule has 0 aliphatic carbocycles. The van der Waals surface area contributed by atoms with Crippen molar-refractivity contribution in [1.82, 2.24) is 29.8 Å². The second-order valence-electron chi connectivity index (χ2n) is 6.11. The lowest BCUT2D eigenvalue weighted by molar-refractivity contribution is 0.0910. The summed E-state index contributed by atoms with van der Waals surface area (Å²) >= 11 is 0. The lowest BCUT2D eigenvalue weighted by Gasteiger charge is -2.09. The molecular weight excluding hydrogens is 364 g/mol. The van der Waals surface area contributed by atoms with E-state index in [4.69, 9.17) is 4.52 Å². The van der Waals surface area contributed by atoms with E-state index < -0.39 is 17.2 Å². The van der Waals surface area contributed by atoms with Gasteiger partial charge in [0.05, 0.1) is 5.69 Å². The van der Waals surface area contributed by atoms with E-state index in [1.54, 1.807) is 19.1 Å². The van der Waals surface area contributed by atoms with Gasteiger partial charge in [0.2, 0.25) is 5.82 Å².